The first-order valence-electron chi connectivity index (χ1n) is 8.24. The van der Waals surface area contributed by atoms with Crippen molar-refractivity contribution in [1.82, 2.24) is 25.2 Å². The lowest BCUT2D eigenvalue weighted by atomic mass is 9.90. The maximum atomic E-state index is 12.0. The molecule has 8 heteroatoms. The van der Waals surface area contributed by atoms with Gasteiger partial charge in [-0.2, -0.15) is 0 Å². The standard InChI is InChI=1S/C15H25N5O3/c1-3-6-16-14(21)19-7-4-15(5-8-19)11-20-13(10-23-15)12(9-22-2)17-18-20/h3-11H2,1-2H3,(H,16,21). The number of rotatable bonds is 4. The average molecular weight is 323 g/mol. The van der Waals surface area contributed by atoms with E-state index < -0.39 is 0 Å². The van der Waals surface area contributed by atoms with Crippen molar-refractivity contribution in [2.45, 2.75) is 51.5 Å². The molecule has 1 saturated heterocycles. The molecule has 8 nitrogen and oxygen atoms in total. The SMILES string of the molecule is CCCNC(=O)N1CCC2(CC1)Cn1nnc(COC)c1CO2. The van der Waals surface area contributed by atoms with Crippen LogP contribution in [0.4, 0.5) is 4.79 Å². The third-order valence-corrected chi connectivity index (χ3v) is 4.64. The summed E-state index contributed by atoms with van der Waals surface area (Å²) in [6, 6.07) is 0.0290. The molecule has 0 unspecified atom stereocenters. The number of hydrogen-bond acceptors (Lipinski definition) is 5. The van der Waals surface area contributed by atoms with Crippen molar-refractivity contribution in [3.05, 3.63) is 11.4 Å². The number of carbonyl (C=O) groups excluding carboxylic acids is 1. The van der Waals surface area contributed by atoms with Crippen molar-refractivity contribution < 1.29 is 14.3 Å². The first-order chi connectivity index (χ1) is 11.2. The van der Waals surface area contributed by atoms with E-state index in [0.29, 0.717) is 32.8 Å². The van der Waals surface area contributed by atoms with Crippen molar-refractivity contribution >= 4 is 6.03 Å². The zero-order valence-electron chi connectivity index (χ0n) is 13.9. The monoisotopic (exact) mass is 323 g/mol. The van der Waals surface area contributed by atoms with Crippen LogP contribution in [0.3, 0.4) is 0 Å². The number of likely N-dealkylation sites (tertiary alicyclic amines) is 1. The minimum Gasteiger partial charge on any atom is -0.378 e. The van der Waals surface area contributed by atoms with E-state index in [2.05, 4.69) is 22.6 Å². The third-order valence-electron chi connectivity index (χ3n) is 4.64. The predicted molar refractivity (Wildman–Crippen MR) is 82.8 cm³/mol. The molecule has 1 N–H and O–H groups in total. The molecular formula is C15H25N5O3. The van der Waals surface area contributed by atoms with E-state index in [1.807, 2.05) is 9.58 Å². The fourth-order valence-electron chi connectivity index (χ4n) is 3.21. The number of carbonyl (C=O) groups is 1. The van der Waals surface area contributed by atoms with Crippen molar-refractivity contribution in [2.75, 3.05) is 26.7 Å². The van der Waals surface area contributed by atoms with Crippen molar-refractivity contribution in [3.63, 3.8) is 0 Å². The quantitative estimate of drug-likeness (QED) is 0.890. The van der Waals surface area contributed by atoms with Gasteiger partial charge in [0, 0.05) is 26.7 Å². The summed E-state index contributed by atoms with van der Waals surface area (Å²) in [7, 11) is 1.65. The van der Waals surface area contributed by atoms with Gasteiger partial charge >= 0.3 is 6.03 Å². The van der Waals surface area contributed by atoms with Crippen LogP contribution in [0, 0.1) is 0 Å². The summed E-state index contributed by atoms with van der Waals surface area (Å²) in [5, 5.41) is 11.3. The molecule has 0 atom stereocenters. The Kier molecular flexibility index (Phi) is 4.82. The van der Waals surface area contributed by atoms with Crippen LogP contribution in [0.25, 0.3) is 0 Å². The number of nitrogens with zero attached hydrogens (tertiary/aromatic N) is 4. The van der Waals surface area contributed by atoms with Crippen molar-refractivity contribution in [1.29, 1.82) is 0 Å². The molecule has 0 aromatic carbocycles. The average Bonchev–Trinajstić information content (AvgIpc) is 2.95. The minimum absolute atomic E-state index is 0.0290. The van der Waals surface area contributed by atoms with E-state index in [1.54, 1.807) is 7.11 Å². The summed E-state index contributed by atoms with van der Waals surface area (Å²) >= 11 is 0. The fraction of sp³-hybridized carbons (Fsp3) is 0.800. The number of nitrogens with one attached hydrogen (secondary N) is 1. The second-order valence-corrected chi connectivity index (χ2v) is 6.26. The van der Waals surface area contributed by atoms with Gasteiger partial charge in [-0.25, -0.2) is 9.48 Å². The molecule has 0 aliphatic carbocycles. The van der Waals surface area contributed by atoms with E-state index in [9.17, 15) is 4.79 Å². The van der Waals surface area contributed by atoms with Gasteiger partial charge < -0.3 is 19.7 Å². The summed E-state index contributed by atoms with van der Waals surface area (Å²) in [6.07, 6.45) is 2.60. The Morgan fingerprint density at radius 2 is 2.22 bits per heavy atom. The second kappa shape index (κ2) is 6.84. The highest BCUT2D eigenvalue weighted by atomic mass is 16.5. The summed E-state index contributed by atoms with van der Waals surface area (Å²) in [6.45, 7) is 5.86. The second-order valence-electron chi connectivity index (χ2n) is 6.26. The summed E-state index contributed by atoms with van der Waals surface area (Å²) in [5.74, 6) is 0. The highest BCUT2D eigenvalue weighted by molar-refractivity contribution is 5.74. The maximum Gasteiger partial charge on any atom is 0.317 e. The largest absolute Gasteiger partial charge is 0.378 e. The molecule has 2 aliphatic heterocycles. The topological polar surface area (TPSA) is 81.5 Å². The summed E-state index contributed by atoms with van der Waals surface area (Å²) < 4.78 is 13.2. The predicted octanol–water partition coefficient (Wildman–Crippen LogP) is 0.909. The number of ether oxygens (including phenoxy) is 2. The zero-order chi connectivity index (χ0) is 16.3. The summed E-state index contributed by atoms with van der Waals surface area (Å²) in [4.78, 5) is 13.9. The van der Waals surface area contributed by atoms with Gasteiger partial charge in [-0.05, 0) is 19.3 Å². The number of amides is 2. The van der Waals surface area contributed by atoms with Gasteiger partial charge in [0.1, 0.15) is 5.69 Å². The highest BCUT2D eigenvalue weighted by Crippen LogP contribution is 2.33. The molecule has 0 saturated carbocycles. The maximum absolute atomic E-state index is 12.0. The zero-order valence-corrected chi connectivity index (χ0v) is 13.9. The normalized spacial score (nSPS) is 19.7. The highest BCUT2D eigenvalue weighted by Gasteiger charge is 2.41. The molecule has 0 radical (unpaired) electrons. The van der Waals surface area contributed by atoms with Gasteiger partial charge in [0.15, 0.2) is 0 Å². The van der Waals surface area contributed by atoms with Crippen LogP contribution in [-0.2, 0) is 29.2 Å². The summed E-state index contributed by atoms with van der Waals surface area (Å²) in [5.41, 5.74) is 1.62. The first kappa shape index (κ1) is 16.2. The Balaban J connectivity index is 1.59. The van der Waals surface area contributed by atoms with Crippen LogP contribution in [0.1, 0.15) is 37.6 Å². The Labute approximate surface area is 136 Å². The molecule has 1 aromatic rings. The molecule has 3 rings (SSSR count). The Hall–Kier alpha value is -1.67. The van der Waals surface area contributed by atoms with E-state index in [1.165, 1.54) is 0 Å². The van der Waals surface area contributed by atoms with E-state index in [4.69, 9.17) is 9.47 Å². The van der Waals surface area contributed by atoms with Crippen LogP contribution in [0.2, 0.25) is 0 Å². The number of aromatic nitrogens is 3. The van der Waals surface area contributed by atoms with Gasteiger partial charge in [0.25, 0.3) is 0 Å². The molecular weight excluding hydrogens is 298 g/mol. The molecule has 128 valence electrons. The molecule has 1 aromatic heterocycles. The smallest absolute Gasteiger partial charge is 0.317 e. The number of piperidine rings is 1. The molecule has 1 fully saturated rings. The molecule has 23 heavy (non-hydrogen) atoms. The van der Waals surface area contributed by atoms with Gasteiger partial charge in [0.2, 0.25) is 0 Å². The van der Waals surface area contributed by atoms with Gasteiger partial charge in [0.05, 0.1) is 31.1 Å². The van der Waals surface area contributed by atoms with E-state index in [0.717, 1.165) is 37.2 Å². The van der Waals surface area contributed by atoms with Crippen molar-refractivity contribution in [3.8, 4) is 0 Å². The van der Waals surface area contributed by atoms with E-state index in [-0.39, 0.29) is 11.6 Å². The molecule has 3 heterocycles. The van der Waals surface area contributed by atoms with Crippen LogP contribution in [0.15, 0.2) is 0 Å². The lowest BCUT2D eigenvalue weighted by Crippen LogP contribution is -2.53. The van der Waals surface area contributed by atoms with Gasteiger partial charge in [-0.1, -0.05) is 12.1 Å². The number of methoxy groups -OCH3 is 1. The van der Waals surface area contributed by atoms with E-state index >= 15 is 0 Å². The lowest BCUT2D eigenvalue weighted by Gasteiger charge is -2.43. The van der Waals surface area contributed by atoms with Crippen LogP contribution in [-0.4, -0.2) is 58.3 Å². The first-order valence-corrected chi connectivity index (χ1v) is 8.24. The Morgan fingerprint density at radius 1 is 1.43 bits per heavy atom. The van der Waals surface area contributed by atoms with Crippen LogP contribution >= 0.6 is 0 Å². The molecule has 0 bridgehead atoms. The van der Waals surface area contributed by atoms with Crippen LogP contribution in [0.5, 0.6) is 0 Å². The third kappa shape index (κ3) is 3.32. The number of fused-ring (bicyclic) bond motifs is 1. The fourth-order valence-corrected chi connectivity index (χ4v) is 3.21. The lowest BCUT2D eigenvalue weighted by molar-refractivity contribution is -0.119. The van der Waals surface area contributed by atoms with Crippen LogP contribution < -0.4 is 5.32 Å². The van der Waals surface area contributed by atoms with Crippen molar-refractivity contribution in [2.24, 2.45) is 0 Å². The molecule has 2 aliphatic rings. The molecule has 2 amide bonds. The Morgan fingerprint density at radius 3 is 2.91 bits per heavy atom. The number of hydrogen-bond donors (Lipinski definition) is 1. The van der Waals surface area contributed by atoms with Gasteiger partial charge in [-0.15, -0.1) is 5.10 Å². The molecule has 1 spiro atoms. The minimum atomic E-state index is -0.230. The van der Waals surface area contributed by atoms with Gasteiger partial charge in [-0.3, -0.25) is 0 Å². The number of urea groups is 1. The Bertz CT molecular complexity index is 551.